The Balaban J connectivity index is 1.79. The third-order valence-corrected chi connectivity index (χ3v) is 4.72. The van der Waals surface area contributed by atoms with Crippen LogP contribution in [-0.4, -0.2) is 48.6 Å². The lowest BCUT2D eigenvalue weighted by Gasteiger charge is -2.12. The fourth-order valence-corrected chi connectivity index (χ4v) is 3.08. The van der Waals surface area contributed by atoms with Gasteiger partial charge in [-0.25, -0.2) is 0 Å². The second kappa shape index (κ2) is 12.2. The highest BCUT2D eigenvalue weighted by Gasteiger charge is 2.08. The molecule has 0 fully saturated rings. The smallest absolute Gasteiger partial charge is 0.191 e. The zero-order valence-electron chi connectivity index (χ0n) is 17.8. The van der Waals surface area contributed by atoms with E-state index < -0.39 is 0 Å². The molecule has 2 N–H and O–H groups in total. The van der Waals surface area contributed by atoms with Crippen LogP contribution in [0.3, 0.4) is 0 Å². The molecule has 0 spiro atoms. The standard InChI is InChI=1S/C21H35N5O2/c1-5-27-15-8-13-23-21(24-14-11-19-9-7-16-28-19)22-12-6-10-20-17(2)25-26(4)18(20)3/h7,9,16H,5-6,8,10-15H2,1-4H3,(H2,22,23,24). The molecule has 0 aliphatic carbocycles. The lowest BCUT2D eigenvalue weighted by atomic mass is 10.1. The van der Waals surface area contributed by atoms with Crippen molar-refractivity contribution in [1.29, 1.82) is 0 Å². The number of nitrogens with zero attached hydrogens (tertiary/aromatic N) is 3. The third-order valence-electron chi connectivity index (χ3n) is 4.72. The van der Waals surface area contributed by atoms with Gasteiger partial charge in [-0.05, 0) is 57.7 Å². The van der Waals surface area contributed by atoms with Gasteiger partial charge in [0.1, 0.15) is 5.76 Å². The van der Waals surface area contributed by atoms with Crippen LogP contribution >= 0.6 is 0 Å². The number of nitrogens with one attached hydrogen (secondary N) is 2. The van der Waals surface area contributed by atoms with E-state index in [-0.39, 0.29) is 0 Å². The summed E-state index contributed by atoms with van der Waals surface area (Å²) in [6.07, 6.45) is 5.50. The maximum absolute atomic E-state index is 5.40. The molecule has 0 amide bonds. The fraction of sp³-hybridized carbons (Fsp3) is 0.619. The summed E-state index contributed by atoms with van der Waals surface area (Å²) in [5.74, 6) is 1.83. The zero-order valence-corrected chi connectivity index (χ0v) is 17.8. The molecule has 7 nitrogen and oxygen atoms in total. The second-order valence-electron chi connectivity index (χ2n) is 6.84. The summed E-state index contributed by atoms with van der Waals surface area (Å²) in [6.45, 7) is 10.1. The molecule has 0 saturated heterocycles. The van der Waals surface area contributed by atoms with Crippen molar-refractivity contribution in [2.75, 3.05) is 32.8 Å². The molecule has 156 valence electrons. The van der Waals surface area contributed by atoms with Gasteiger partial charge in [0.2, 0.25) is 0 Å². The van der Waals surface area contributed by atoms with Crippen LogP contribution in [-0.2, 0) is 24.6 Å². The summed E-state index contributed by atoms with van der Waals surface area (Å²) in [5, 5.41) is 11.3. The predicted octanol–water partition coefficient (Wildman–Crippen LogP) is 2.77. The topological polar surface area (TPSA) is 76.6 Å². The molecule has 0 bridgehead atoms. The Labute approximate surface area is 168 Å². The van der Waals surface area contributed by atoms with E-state index in [0.717, 1.165) is 75.9 Å². The van der Waals surface area contributed by atoms with Crippen molar-refractivity contribution in [3.63, 3.8) is 0 Å². The molecule has 0 aromatic carbocycles. The van der Waals surface area contributed by atoms with Crippen LogP contribution < -0.4 is 10.6 Å². The van der Waals surface area contributed by atoms with Crippen molar-refractivity contribution in [3.8, 4) is 0 Å². The minimum absolute atomic E-state index is 0.759. The lowest BCUT2D eigenvalue weighted by molar-refractivity contribution is 0.145. The van der Waals surface area contributed by atoms with E-state index in [2.05, 4.69) is 29.6 Å². The van der Waals surface area contributed by atoms with Gasteiger partial charge in [-0.2, -0.15) is 5.10 Å². The maximum atomic E-state index is 5.40. The van der Waals surface area contributed by atoms with E-state index in [1.807, 2.05) is 30.8 Å². The van der Waals surface area contributed by atoms with E-state index in [1.54, 1.807) is 6.26 Å². The van der Waals surface area contributed by atoms with E-state index in [0.29, 0.717) is 0 Å². The number of hydrogen-bond donors (Lipinski definition) is 2. The molecule has 0 saturated carbocycles. The molecule has 0 radical (unpaired) electrons. The number of ether oxygens (including phenoxy) is 1. The van der Waals surface area contributed by atoms with Gasteiger partial charge in [-0.15, -0.1) is 0 Å². The van der Waals surface area contributed by atoms with Crippen LogP contribution in [0.2, 0.25) is 0 Å². The molecule has 2 rings (SSSR count). The van der Waals surface area contributed by atoms with Crippen molar-refractivity contribution in [2.24, 2.45) is 12.0 Å². The van der Waals surface area contributed by atoms with Gasteiger partial charge in [0.15, 0.2) is 5.96 Å². The average molecular weight is 390 g/mol. The van der Waals surface area contributed by atoms with Crippen molar-refractivity contribution in [3.05, 3.63) is 41.1 Å². The lowest BCUT2D eigenvalue weighted by Crippen LogP contribution is -2.39. The first-order valence-electron chi connectivity index (χ1n) is 10.2. The zero-order chi connectivity index (χ0) is 20.2. The molecule has 2 aromatic rings. The molecule has 0 aliphatic rings. The Morgan fingerprint density at radius 2 is 2.04 bits per heavy atom. The molecule has 0 aliphatic heterocycles. The molecular formula is C21H35N5O2. The van der Waals surface area contributed by atoms with Gasteiger partial charge in [0, 0.05) is 52.0 Å². The van der Waals surface area contributed by atoms with Crippen molar-refractivity contribution < 1.29 is 9.15 Å². The summed E-state index contributed by atoms with van der Waals surface area (Å²) in [7, 11) is 2.00. The SMILES string of the molecule is CCOCCCNC(=NCCCc1c(C)nn(C)c1C)NCCc1ccco1. The molecule has 2 aromatic heterocycles. The molecule has 28 heavy (non-hydrogen) atoms. The van der Waals surface area contributed by atoms with Gasteiger partial charge in [-0.1, -0.05) is 0 Å². The largest absolute Gasteiger partial charge is 0.469 e. The molecule has 0 atom stereocenters. The second-order valence-corrected chi connectivity index (χ2v) is 6.84. The quantitative estimate of drug-likeness (QED) is 0.332. The Kier molecular flexibility index (Phi) is 9.62. The van der Waals surface area contributed by atoms with E-state index in [9.17, 15) is 0 Å². The van der Waals surface area contributed by atoms with E-state index in [4.69, 9.17) is 14.1 Å². The van der Waals surface area contributed by atoms with Gasteiger partial charge in [0.25, 0.3) is 0 Å². The number of aryl methyl sites for hydroxylation is 2. The molecule has 0 unspecified atom stereocenters. The maximum Gasteiger partial charge on any atom is 0.191 e. The predicted molar refractivity (Wildman–Crippen MR) is 113 cm³/mol. The average Bonchev–Trinajstić information content (AvgIpc) is 3.27. The van der Waals surface area contributed by atoms with Crippen LogP contribution in [0.25, 0.3) is 0 Å². The Morgan fingerprint density at radius 3 is 2.71 bits per heavy atom. The van der Waals surface area contributed by atoms with Crippen LogP contribution in [0.1, 0.15) is 42.5 Å². The summed E-state index contributed by atoms with van der Waals surface area (Å²) < 4.78 is 12.7. The van der Waals surface area contributed by atoms with Gasteiger partial charge < -0.3 is 19.8 Å². The van der Waals surface area contributed by atoms with Gasteiger partial charge in [0.05, 0.1) is 12.0 Å². The Hall–Kier alpha value is -2.28. The summed E-state index contributed by atoms with van der Waals surface area (Å²) in [4.78, 5) is 4.74. The van der Waals surface area contributed by atoms with Crippen molar-refractivity contribution in [2.45, 2.75) is 46.5 Å². The number of guanidine groups is 1. The van der Waals surface area contributed by atoms with E-state index in [1.165, 1.54) is 11.3 Å². The van der Waals surface area contributed by atoms with Crippen LogP contribution in [0.4, 0.5) is 0 Å². The fourth-order valence-electron chi connectivity index (χ4n) is 3.08. The Morgan fingerprint density at radius 1 is 1.21 bits per heavy atom. The van der Waals surface area contributed by atoms with Crippen molar-refractivity contribution in [1.82, 2.24) is 20.4 Å². The summed E-state index contributed by atoms with van der Waals surface area (Å²) in [5.41, 5.74) is 3.71. The number of aromatic nitrogens is 2. The van der Waals surface area contributed by atoms with Gasteiger partial charge in [-0.3, -0.25) is 9.67 Å². The first-order valence-corrected chi connectivity index (χ1v) is 10.2. The monoisotopic (exact) mass is 389 g/mol. The number of aliphatic imine (C=N–C) groups is 1. The van der Waals surface area contributed by atoms with Crippen LogP contribution in [0, 0.1) is 13.8 Å². The highest BCUT2D eigenvalue weighted by Crippen LogP contribution is 2.13. The van der Waals surface area contributed by atoms with Crippen LogP contribution in [0.5, 0.6) is 0 Å². The summed E-state index contributed by atoms with van der Waals surface area (Å²) in [6, 6.07) is 3.91. The molecule has 7 heteroatoms. The normalized spacial score (nSPS) is 11.8. The number of furan rings is 1. The van der Waals surface area contributed by atoms with Gasteiger partial charge >= 0.3 is 0 Å². The van der Waals surface area contributed by atoms with E-state index >= 15 is 0 Å². The highest BCUT2D eigenvalue weighted by molar-refractivity contribution is 5.79. The highest BCUT2D eigenvalue weighted by atomic mass is 16.5. The first-order chi connectivity index (χ1) is 13.6. The minimum Gasteiger partial charge on any atom is -0.469 e. The molecule has 2 heterocycles. The minimum atomic E-state index is 0.759. The first kappa shape index (κ1) is 22.0. The summed E-state index contributed by atoms with van der Waals surface area (Å²) >= 11 is 0. The Bertz CT molecular complexity index is 707. The third kappa shape index (κ3) is 7.38. The van der Waals surface area contributed by atoms with Crippen molar-refractivity contribution >= 4 is 5.96 Å². The number of rotatable bonds is 12. The number of hydrogen-bond acceptors (Lipinski definition) is 4. The molecular weight excluding hydrogens is 354 g/mol. The van der Waals surface area contributed by atoms with Crippen LogP contribution in [0.15, 0.2) is 27.8 Å².